The highest BCUT2D eigenvalue weighted by Crippen LogP contribution is 2.38. The molecule has 1 aliphatic heterocycles. The molecule has 2 heterocycles. The number of hydrogen-bond donors (Lipinski definition) is 0. The van der Waals surface area contributed by atoms with Gasteiger partial charge in [0.1, 0.15) is 5.82 Å². The number of aromatic nitrogens is 3. The number of rotatable bonds is 2. The largest absolute Gasteiger partial charge is 0.341 e. The molecule has 15 heavy (non-hydrogen) atoms. The second-order valence-electron chi connectivity index (χ2n) is 4.23. The Morgan fingerprint density at radius 3 is 2.47 bits per heavy atom. The van der Waals surface area contributed by atoms with Crippen LogP contribution in [-0.4, -0.2) is 28.0 Å². The molecule has 0 unspecified atom stereocenters. The Morgan fingerprint density at radius 2 is 1.80 bits per heavy atom. The van der Waals surface area contributed by atoms with E-state index in [0.29, 0.717) is 11.2 Å². The van der Waals surface area contributed by atoms with Crippen LogP contribution in [0.25, 0.3) is 0 Å². The van der Waals surface area contributed by atoms with E-state index in [-0.39, 0.29) is 0 Å². The van der Waals surface area contributed by atoms with Gasteiger partial charge in [-0.1, -0.05) is 0 Å². The number of anilines is 1. The van der Waals surface area contributed by atoms with E-state index < -0.39 is 0 Å². The summed E-state index contributed by atoms with van der Waals surface area (Å²) in [6.07, 6.45) is 4.84. The minimum absolute atomic E-state index is 0.341. The molecule has 1 aromatic heterocycles. The van der Waals surface area contributed by atoms with Crippen molar-refractivity contribution in [3.05, 3.63) is 11.1 Å². The molecule has 4 nitrogen and oxygen atoms in total. The van der Waals surface area contributed by atoms with Crippen LogP contribution in [-0.2, 0) is 0 Å². The van der Waals surface area contributed by atoms with Crippen molar-refractivity contribution in [2.45, 2.75) is 31.6 Å². The van der Waals surface area contributed by atoms with E-state index in [1.165, 1.54) is 25.7 Å². The standard InChI is InChI=1S/C10H13ClN4/c11-9-12-8(7-3-4-7)13-10(14-9)15-5-1-2-6-15/h7H,1-6H2. The Bertz CT molecular complexity index is 372. The van der Waals surface area contributed by atoms with Crippen LogP contribution in [0.3, 0.4) is 0 Å². The monoisotopic (exact) mass is 224 g/mol. The van der Waals surface area contributed by atoms with Crippen molar-refractivity contribution >= 4 is 17.5 Å². The van der Waals surface area contributed by atoms with E-state index in [0.717, 1.165) is 24.9 Å². The summed E-state index contributed by atoms with van der Waals surface area (Å²) in [5, 5.41) is 0.341. The SMILES string of the molecule is Clc1nc(C2CC2)nc(N2CCCC2)n1. The molecule has 0 amide bonds. The third-order valence-electron chi connectivity index (χ3n) is 2.95. The highest BCUT2D eigenvalue weighted by Gasteiger charge is 2.28. The zero-order valence-electron chi connectivity index (χ0n) is 8.49. The second-order valence-corrected chi connectivity index (χ2v) is 4.57. The van der Waals surface area contributed by atoms with Gasteiger partial charge in [-0.2, -0.15) is 9.97 Å². The fourth-order valence-electron chi connectivity index (χ4n) is 1.94. The van der Waals surface area contributed by atoms with Gasteiger partial charge in [-0.25, -0.2) is 4.98 Å². The number of halogens is 1. The number of nitrogens with zero attached hydrogens (tertiary/aromatic N) is 4. The van der Waals surface area contributed by atoms with Crippen molar-refractivity contribution in [3.63, 3.8) is 0 Å². The summed E-state index contributed by atoms with van der Waals surface area (Å²) in [6, 6.07) is 0. The lowest BCUT2D eigenvalue weighted by Crippen LogP contribution is -2.21. The Hall–Kier alpha value is -0.900. The van der Waals surface area contributed by atoms with Crippen LogP contribution in [0.2, 0.25) is 5.28 Å². The summed E-state index contributed by atoms with van der Waals surface area (Å²) in [6.45, 7) is 2.09. The van der Waals surface area contributed by atoms with Gasteiger partial charge in [0.25, 0.3) is 0 Å². The zero-order valence-corrected chi connectivity index (χ0v) is 9.24. The van der Waals surface area contributed by atoms with E-state index in [1.54, 1.807) is 0 Å². The van der Waals surface area contributed by atoms with Crippen LogP contribution in [0.4, 0.5) is 5.95 Å². The van der Waals surface area contributed by atoms with E-state index in [1.807, 2.05) is 0 Å². The molecule has 2 fully saturated rings. The molecule has 3 rings (SSSR count). The molecular formula is C10H13ClN4. The topological polar surface area (TPSA) is 41.9 Å². The molecule has 0 aromatic carbocycles. The lowest BCUT2D eigenvalue weighted by molar-refractivity contribution is 0.828. The first kappa shape index (κ1) is 9.33. The van der Waals surface area contributed by atoms with E-state index in [4.69, 9.17) is 11.6 Å². The van der Waals surface area contributed by atoms with Gasteiger partial charge in [-0.15, -0.1) is 0 Å². The van der Waals surface area contributed by atoms with Gasteiger partial charge in [0.05, 0.1) is 0 Å². The van der Waals surface area contributed by atoms with E-state index in [9.17, 15) is 0 Å². The van der Waals surface area contributed by atoms with Crippen LogP contribution in [0.1, 0.15) is 37.4 Å². The molecular weight excluding hydrogens is 212 g/mol. The summed E-state index contributed by atoms with van der Waals surface area (Å²) >= 11 is 5.91. The molecule has 1 saturated heterocycles. The Morgan fingerprint density at radius 1 is 1.07 bits per heavy atom. The molecule has 80 valence electrons. The predicted octanol–water partition coefficient (Wildman–Crippen LogP) is 2.00. The van der Waals surface area contributed by atoms with Crippen molar-refractivity contribution in [3.8, 4) is 0 Å². The lowest BCUT2D eigenvalue weighted by atomic mass is 10.4. The van der Waals surface area contributed by atoms with Crippen molar-refractivity contribution in [1.29, 1.82) is 0 Å². The van der Waals surface area contributed by atoms with Crippen LogP contribution in [0, 0.1) is 0 Å². The summed E-state index contributed by atoms with van der Waals surface area (Å²) < 4.78 is 0. The van der Waals surface area contributed by atoms with Gasteiger partial charge in [-0.3, -0.25) is 0 Å². The molecule has 0 bridgehead atoms. The average molecular weight is 225 g/mol. The van der Waals surface area contributed by atoms with Gasteiger partial charge in [0.15, 0.2) is 0 Å². The van der Waals surface area contributed by atoms with Crippen molar-refractivity contribution in [2.24, 2.45) is 0 Å². The Kier molecular flexibility index (Phi) is 2.24. The summed E-state index contributed by atoms with van der Waals surface area (Å²) in [4.78, 5) is 15.1. The van der Waals surface area contributed by atoms with Gasteiger partial charge in [0, 0.05) is 19.0 Å². The van der Waals surface area contributed by atoms with Crippen LogP contribution in [0.15, 0.2) is 0 Å². The first-order valence-electron chi connectivity index (χ1n) is 5.49. The molecule has 0 atom stereocenters. The van der Waals surface area contributed by atoms with Crippen molar-refractivity contribution in [2.75, 3.05) is 18.0 Å². The highest BCUT2D eigenvalue weighted by molar-refractivity contribution is 6.28. The Labute approximate surface area is 93.7 Å². The number of hydrogen-bond acceptors (Lipinski definition) is 4. The quantitative estimate of drug-likeness (QED) is 0.771. The summed E-state index contributed by atoms with van der Waals surface area (Å²) in [5.41, 5.74) is 0. The van der Waals surface area contributed by atoms with Gasteiger partial charge >= 0.3 is 0 Å². The molecule has 5 heteroatoms. The predicted molar refractivity (Wildman–Crippen MR) is 58.3 cm³/mol. The van der Waals surface area contributed by atoms with Crippen LogP contribution < -0.4 is 4.90 Å². The normalized spacial score (nSPS) is 21.0. The minimum atomic E-state index is 0.341. The fourth-order valence-corrected chi connectivity index (χ4v) is 2.10. The third-order valence-corrected chi connectivity index (χ3v) is 3.11. The lowest BCUT2D eigenvalue weighted by Gasteiger charge is -2.15. The third kappa shape index (κ3) is 1.91. The smallest absolute Gasteiger partial charge is 0.229 e. The molecule has 2 aliphatic rings. The van der Waals surface area contributed by atoms with E-state index >= 15 is 0 Å². The van der Waals surface area contributed by atoms with E-state index in [2.05, 4.69) is 19.9 Å². The fraction of sp³-hybridized carbons (Fsp3) is 0.700. The summed E-state index contributed by atoms with van der Waals surface area (Å²) in [7, 11) is 0. The van der Waals surface area contributed by atoms with Crippen LogP contribution in [0.5, 0.6) is 0 Å². The van der Waals surface area contributed by atoms with Crippen LogP contribution >= 0.6 is 11.6 Å². The molecule has 1 aliphatic carbocycles. The molecule has 1 saturated carbocycles. The Balaban J connectivity index is 1.91. The average Bonchev–Trinajstić information content (AvgIpc) is 2.93. The molecule has 0 radical (unpaired) electrons. The van der Waals surface area contributed by atoms with Crippen molar-refractivity contribution < 1.29 is 0 Å². The minimum Gasteiger partial charge on any atom is -0.341 e. The highest BCUT2D eigenvalue weighted by atomic mass is 35.5. The maximum absolute atomic E-state index is 5.91. The zero-order chi connectivity index (χ0) is 10.3. The molecule has 0 spiro atoms. The first-order valence-corrected chi connectivity index (χ1v) is 5.87. The van der Waals surface area contributed by atoms with Gasteiger partial charge in [-0.05, 0) is 37.3 Å². The van der Waals surface area contributed by atoms with Crippen molar-refractivity contribution in [1.82, 2.24) is 15.0 Å². The first-order chi connectivity index (χ1) is 7.33. The maximum Gasteiger partial charge on any atom is 0.229 e. The summed E-state index contributed by atoms with van der Waals surface area (Å²) in [5.74, 6) is 2.19. The molecule has 0 N–H and O–H groups in total. The second kappa shape index (κ2) is 3.59. The van der Waals surface area contributed by atoms with Gasteiger partial charge < -0.3 is 4.90 Å². The molecule has 1 aromatic rings. The maximum atomic E-state index is 5.91. The van der Waals surface area contributed by atoms with Gasteiger partial charge in [0.2, 0.25) is 11.2 Å².